The highest BCUT2D eigenvalue weighted by Crippen LogP contribution is 2.19. The van der Waals surface area contributed by atoms with Gasteiger partial charge in [-0.3, -0.25) is 4.68 Å². The third-order valence-electron chi connectivity index (χ3n) is 3.57. The molecule has 102 valence electrons. The van der Waals surface area contributed by atoms with Gasteiger partial charge in [-0.15, -0.1) is 0 Å². The summed E-state index contributed by atoms with van der Waals surface area (Å²) in [5.41, 5.74) is 10.8. The van der Waals surface area contributed by atoms with Gasteiger partial charge in [0.1, 0.15) is 0 Å². The summed E-state index contributed by atoms with van der Waals surface area (Å²) in [6, 6.07) is 10.6. The second-order valence-electron chi connectivity index (χ2n) is 5.19. The van der Waals surface area contributed by atoms with Crippen molar-refractivity contribution < 1.29 is 0 Å². The van der Waals surface area contributed by atoms with E-state index in [0.717, 1.165) is 25.1 Å². The molecule has 0 bridgehead atoms. The van der Waals surface area contributed by atoms with Gasteiger partial charge in [-0.2, -0.15) is 5.10 Å². The summed E-state index contributed by atoms with van der Waals surface area (Å²) in [6.07, 6.45) is 2.19. The molecule has 0 aliphatic heterocycles. The smallest absolute Gasteiger partial charge is 0.0644 e. The molecule has 0 radical (unpaired) electrons. The van der Waals surface area contributed by atoms with E-state index in [4.69, 9.17) is 5.73 Å². The van der Waals surface area contributed by atoms with Crippen LogP contribution in [0.3, 0.4) is 0 Å². The average Bonchev–Trinajstić information content (AvgIpc) is 2.66. The molecule has 0 saturated heterocycles. The largest absolute Gasteiger partial charge is 0.324 e. The van der Waals surface area contributed by atoms with Gasteiger partial charge in [0.2, 0.25) is 0 Å². The number of aromatic nitrogens is 2. The third-order valence-corrected chi connectivity index (χ3v) is 3.57. The summed E-state index contributed by atoms with van der Waals surface area (Å²) in [5, 5.41) is 4.60. The van der Waals surface area contributed by atoms with Gasteiger partial charge in [-0.25, -0.2) is 0 Å². The molecule has 0 fully saturated rings. The molecule has 19 heavy (non-hydrogen) atoms. The van der Waals surface area contributed by atoms with Crippen molar-refractivity contribution in [3.63, 3.8) is 0 Å². The van der Waals surface area contributed by atoms with Crippen LogP contribution in [0.5, 0.6) is 0 Å². The molecule has 1 unspecified atom stereocenters. The Morgan fingerprint density at radius 3 is 2.47 bits per heavy atom. The summed E-state index contributed by atoms with van der Waals surface area (Å²) in [4.78, 5) is 0. The zero-order valence-corrected chi connectivity index (χ0v) is 12.1. The van der Waals surface area contributed by atoms with E-state index in [0.29, 0.717) is 0 Å². The maximum Gasteiger partial charge on any atom is 0.0644 e. The Bertz CT molecular complexity index is 526. The first-order valence-electron chi connectivity index (χ1n) is 6.93. The molecule has 1 aromatic carbocycles. The van der Waals surface area contributed by atoms with Gasteiger partial charge in [-0.05, 0) is 39.2 Å². The van der Waals surface area contributed by atoms with E-state index in [1.807, 2.05) is 13.8 Å². The Balaban J connectivity index is 1.99. The number of hydrogen-bond donors (Lipinski definition) is 1. The standard InChI is InChI=1S/C16H23N3/c1-12(17)16-13(2)18-19(14(16)3)11-7-10-15-8-5-4-6-9-15/h4-6,8-9,12H,7,10-11,17H2,1-3H3. The monoisotopic (exact) mass is 257 g/mol. The molecule has 0 aliphatic rings. The number of aryl methyl sites for hydroxylation is 3. The summed E-state index contributed by atoms with van der Waals surface area (Å²) in [7, 11) is 0. The van der Waals surface area contributed by atoms with Gasteiger partial charge in [0.25, 0.3) is 0 Å². The summed E-state index contributed by atoms with van der Waals surface area (Å²) in [5.74, 6) is 0. The number of benzene rings is 1. The minimum atomic E-state index is 0.0582. The molecule has 2 rings (SSSR count). The van der Waals surface area contributed by atoms with Crippen LogP contribution < -0.4 is 5.73 Å². The van der Waals surface area contributed by atoms with Crippen molar-refractivity contribution in [1.82, 2.24) is 9.78 Å². The zero-order chi connectivity index (χ0) is 13.8. The highest BCUT2D eigenvalue weighted by Gasteiger charge is 2.14. The predicted molar refractivity (Wildman–Crippen MR) is 79.1 cm³/mol. The quantitative estimate of drug-likeness (QED) is 0.894. The lowest BCUT2D eigenvalue weighted by Gasteiger charge is -2.07. The maximum atomic E-state index is 6.00. The lowest BCUT2D eigenvalue weighted by molar-refractivity contribution is 0.561. The molecule has 0 saturated carbocycles. The lowest BCUT2D eigenvalue weighted by Crippen LogP contribution is -2.08. The summed E-state index contributed by atoms with van der Waals surface area (Å²) in [6.45, 7) is 7.13. The van der Waals surface area contributed by atoms with E-state index >= 15 is 0 Å². The molecule has 1 atom stereocenters. The normalized spacial score (nSPS) is 12.6. The molecule has 0 amide bonds. The van der Waals surface area contributed by atoms with E-state index < -0.39 is 0 Å². The lowest BCUT2D eigenvalue weighted by atomic mass is 10.1. The highest BCUT2D eigenvalue weighted by molar-refractivity contribution is 5.27. The Morgan fingerprint density at radius 1 is 1.21 bits per heavy atom. The minimum Gasteiger partial charge on any atom is -0.324 e. The van der Waals surface area contributed by atoms with E-state index in [1.54, 1.807) is 0 Å². The Labute approximate surface area is 115 Å². The van der Waals surface area contributed by atoms with Gasteiger partial charge >= 0.3 is 0 Å². The van der Waals surface area contributed by atoms with Crippen molar-refractivity contribution >= 4 is 0 Å². The van der Waals surface area contributed by atoms with Crippen molar-refractivity contribution in [3.8, 4) is 0 Å². The Kier molecular flexibility index (Phi) is 4.38. The fourth-order valence-electron chi connectivity index (χ4n) is 2.67. The third kappa shape index (κ3) is 3.24. The predicted octanol–water partition coefficient (Wildman–Crippen LogP) is 3.15. The van der Waals surface area contributed by atoms with Crippen molar-refractivity contribution in [3.05, 3.63) is 52.8 Å². The van der Waals surface area contributed by atoms with Gasteiger partial charge < -0.3 is 5.73 Å². The first-order valence-corrected chi connectivity index (χ1v) is 6.93. The van der Waals surface area contributed by atoms with Crippen LogP contribution in [-0.4, -0.2) is 9.78 Å². The summed E-state index contributed by atoms with van der Waals surface area (Å²) >= 11 is 0. The van der Waals surface area contributed by atoms with Gasteiger partial charge in [0, 0.05) is 23.8 Å². The fraction of sp³-hybridized carbons (Fsp3) is 0.438. The molecule has 2 N–H and O–H groups in total. The van der Waals surface area contributed by atoms with Crippen LogP contribution in [0.4, 0.5) is 0 Å². The van der Waals surface area contributed by atoms with Crippen LogP contribution in [0.2, 0.25) is 0 Å². The van der Waals surface area contributed by atoms with E-state index in [1.165, 1.54) is 16.8 Å². The second-order valence-corrected chi connectivity index (χ2v) is 5.19. The maximum absolute atomic E-state index is 6.00. The second kappa shape index (κ2) is 6.02. The van der Waals surface area contributed by atoms with Crippen LogP contribution in [-0.2, 0) is 13.0 Å². The first kappa shape index (κ1) is 13.8. The Hall–Kier alpha value is -1.61. The van der Waals surface area contributed by atoms with E-state index in [2.05, 4.69) is 47.0 Å². The van der Waals surface area contributed by atoms with Crippen LogP contribution in [0.1, 0.15) is 41.9 Å². The molecule has 3 heteroatoms. The number of rotatable bonds is 5. The van der Waals surface area contributed by atoms with E-state index in [-0.39, 0.29) is 6.04 Å². The molecular weight excluding hydrogens is 234 g/mol. The molecule has 1 aromatic heterocycles. The van der Waals surface area contributed by atoms with Crippen LogP contribution in [0, 0.1) is 13.8 Å². The topological polar surface area (TPSA) is 43.8 Å². The minimum absolute atomic E-state index is 0.0582. The van der Waals surface area contributed by atoms with E-state index in [9.17, 15) is 0 Å². The molecular formula is C16H23N3. The van der Waals surface area contributed by atoms with Crippen LogP contribution in [0.25, 0.3) is 0 Å². The van der Waals surface area contributed by atoms with Gasteiger partial charge in [-0.1, -0.05) is 30.3 Å². The molecule has 0 aliphatic carbocycles. The number of hydrogen-bond acceptors (Lipinski definition) is 2. The van der Waals surface area contributed by atoms with Crippen molar-refractivity contribution in [1.29, 1.82) is 0 Å². The first-order chi connectivity index (χ1) is 9.09. The molecule has 3 nitrogen and oxygen atoms in total. The number of nitrogens with zero attached hydrogens (tertiary/aromatic N) is 2. The molecule has 2 aromatic rings. The highest BCUT2D eigenvalue weighted by atomic mass is 15.3. The molecule has 1 heterocycles. The fourth-order valence-corrected chi connectivity index (χ4v) is 2.67. The van der Waals surface area contributed by atoms with Crippen LogP contribution in [0.15, 0.2) is 30.3 Å². The summed E-state index contributed by atoms with van der Waals surface area (Å²) < 4.78 is 2.09. The SMILES string of the molecule is Cc1nn(CCCc2ccccc2)c(C)c1C(C)N. The average molecular weight is 257 g/mol. The van der Waals surface area contributed by atoms with Gasteiger partial charge in [0.15, 0.2) is 0 Å². The van der Waals surface area contributed by atoms with Crippen molar-refractivity contribution in [2.75, 3.05) is 0 Å². The Morgan fingerprint density at radius 2 is 1.89 bits per heavy atom. The van der Waals surface area contributed by atoms with Gasteiger partial charge in [0.05, 0.1) is 5.69 Å². The number of nitrogens with two attached hydrogens (primary N) is 1. The van der Waals surface area contributed by atoms with Crippen molar-refractivity contribution in [2.45, 2.75) is 46.2 Å². The van der Waals surface area contributed by atoms with Crippen LogP contribution >= 0.6 is 0 Å². The van der Waals surface area contributed by atoms with Crippen molar-refractivity contribution in [2.24, 2.45) is 5.73 Å². The zero-order valence-electron chi connectivity index (χ0n) is 12.1. The molecule has 0 spiro atoms.